The molecule has 2 heterocycles. The van der Waals surface area contributed by atoms with Crippen LogP contribution in [0.2, 0.25) is 0 Å². The zero-order chi connectivity index (χ0) is 13.9. The van der Waals surface area contributed by atoms with Gasteiger partial charge in [-0.3, -0.25) is 4.98 Å². The Hall–Kier alpha value is -1.95. The van der Waals surface area contributed by atoms with Crippen molar-refractivity contribution in [1.29, 1.82) is 0 Å². The zero-order valence-corrected chi connectivity index (χ0v) is 11.0. The third kappa shape index (κ3) is 1.64. The van der Waals surface area contributed by atoms with Gasteiger partial charge in [0.1, 0.15) is 0 Å². The summed E-state index contributed by atoms with van der Waals surface area (Å²) in [7, 11) is 0. The molecule has 0 spiro atoms. The van der Waals surface area contributed by atoms with Crippen molar-refractivity contribution in [2.45, 2.75) is 18.9 Å². The molecule has 0 bridgehead atoms. The molecule has 6 nitrogen and oxygen atoms in total. The number of nitrogens with one attached hydrogen (secondary N) is 1. The summed E-state index contributed by atoms with van der Waals surface area (Å²) in [4.78, 5) is 16.1. The van der Waals surface area contributed by atoms with Gasteiger partial charge in [-0.05, 0) is 24.8 Å². The third-order valence-electron chi connectivity index (χ3n) is 4.73. The fourth-order valence-electron chi connectivity index (χ4n) is 3.71. The van der Waals surface area contributed by atoms with Crippen molar-refractivity contribution in [1.82, 2.24) is 4.98 Å². The van der Waals surface area contributed by atoms with E-state index in [-0.39, 0.29) is 6.10 Å². The number of aliphatic hydroxyl groups is 1. The minimum absolute atomic E-state index is 0.191. The number of nitrogens with zero attached hydrogens (tertiary/aromatic N) is 1. The fraction of sp³-hybridized carbons (Fsp3) is 0.500. The SMILES string of the molecule is Nc1cc2oc(=O)[nH]c2cc1N1CC2CCC(O)C2C1. The van der Waals surface area contributed by atoms with Gasteiger partial charge < -0.3 is 20.2 Å². The summed E-state index contributed by atoms with van der Waals surface area (Å²) >= 11 is 0. The van der Waals surface area contributed by atoms with Crippen molar-refractivity contribution in [2.75, 3.05) is 23.7 Å². The van der Waals surface area contributed by atoms with Crippen LogP contribution >= 0.6 is 0 Å². The predicted octanol–water partition coefficient (Wildman–Crippen LogP) is 0.910. The molecule has 1 aromatic carbocycles. The number of aromatic amines is 1. The molecule has 106 valence electrons. The first-order valence-electron chi connectivity index (χ1n) is 6.97. The van der Waals surface area contributed by atoms with Crippen LogP contribution in [0.4, 0.5) is 11.4 Å². The maximum atomic E-state index is 11.2. The van der Waals surface area contributed by atoms with Crippen molar-refractivity contribution in [3.05, 3.63) is 22.7 Å². The maximum Gasteiger partial charge on any atom is 0.417 e. The first-order valence-corrected chi connectivity index (χ1v) is 6.97. The van der Waals surface area contributed by atoms with E-state index in [9.17, 15) is 9.90 Å². The second-order valence-electron chi connectivity index (χ2n) is 5.90. The highest BCUT2D eigenvalue weighted by molar-refractivity contribution is 5.85. The van der Waals surface area contributed by atoms with E-state index < -0.39 is 5.76 Å². The molecule has 1 aliphatic carbocycles. The third-order valence-corrected chi connectivity index (χ3v) is 4.73. The van der Waals surface area contributed by atoms with Crippen molar-refractivity contribution in [2.24, 2.45) is 11.8 Å². The van der Waals surface area contributed by atoms with E-state index in [1.807, 2.05) is 6.07 Å². The number of hydrogen-bond acceptors (Lipinski definition) is 5. The Morgan fingerprint density at radius 2 is 2.20 bits per heavy atom. The highest BCUT2D eigenvalue weighted by atomic mass is 16.4. The van der Waals surface area contributed by atoms with Gasteiger partial charge in [-0.1, -0.05) is 0 Å². The molecule has 4 rings (SSSR count). The van der Waals surface area contributed by atoms with Crippen molar-refractivity contribution in [3.8, 4) is 0 Å². The minimum Gasteiger partial charge on any atom is -0.408 e. The quantitative estimate of drug-likeness (QED) is 0.672. The van der Waals surface area contributed by atoms with Crippen LogP contribution < -0.4 is 16.4 Å². The molecule has 1 aliphatic heterocycles. The average Bonchev–Trinajstić information content (AvgIpc) is 3.04. The van der Waals surface area contributed by atoms with Crippen LogP contribution in [0, 0.1) is 11.8 Å². The summed E-state index contributed by atoms with van der Waals surface area (Å²) in [6, 6.07) is 3.55. The number of H-pyrrole nitrogens is 1. The summed E-state index contributed by atoms with van der Waals surface area (Å²) in [6.07, 6.45) is 1.79. The summed E-state index contributed by atoms with van der Waals surface area (Å²) in [5.41, 5.74) is 8.75. The number of fused-ring (bicyclic) bond motifs is 2. The molecule has 1 saturated heterocycles. The van der Waals surface area contributed by atoms with E-state index in [0.29, 0.717) is 28.6 Å². The number of rotatable bonds is 1. The minimum atomic E-state index is -0.467. The van der Waals surface area contributed by atoms with E-state index in [1.165, 1.54) is 0 Å². The monoisotopic (exact) mass is 275 g/mol. The number of benzene rings is 1. The normalized spacial score (nSPS) is 29.2. The molecule has 2 fully saturated rings. The topological polar surface area (TPSA) is 95.5 Å². The molecule has 4 N–H and O–H groups in total. The lowest BCUT2D eigenvalue weighted by molar-refractivity contribution is 0.133. The van der Waals surface area contributed by atoms with E-state index >= 15 is 0 Å². The molecule has 2 aromatic rings. The van der Waals surface area contributed by atoms with E-state index in [2.05, 4.69) is 9.88 Å². The largest absolute Gasteiger partial charge is 0.417 e. The maximum absolute atomic E-state index is 11.2. The molecule has 1 saturated carbocycles. The Labute approximate surface area is 115 Å². The van der Waals surface area contributed by atoms with Gasteiger partial charge in [0.05, 0.1) is 23.0 Å². The van der Waals surface area contributed by atoms with Crippen LogP contribution in [0.1, 0.15) is 12.8 Å². The average molecular weight is 275 g/mol. The molecule has 3 unspecified atom stereocenters. The molecule has 0 radical (unpaired) electrons. The van der Waals surface area contributed by atoms with Crippen LogP contribution in [0.3, 0.4) is 0 Å². The van der Waals surface area contributed by atoms with Gasteiger partial charge in [0.15, 0.2) is 5.58 Å². The summed E-state index contributed by atoms with van der Waals surface area (Å²) in [6.45, 7) is 1.74. The Balaban J connectivity index is 1.72. The zero-order valence-electron chi connectivity index (χ0n) is 11.0. The lowest BCUT2D eigenvalue weighted by Crippen LogP contribution is -2.25. The highest BCUT2D eigenvalue weighted by Gasteiger charge is 2.42. The lowest BCUT2D eigenvalue weighted by Gasteiger charge is -2.22. The van der Waals surface area contributed by atoms with Crippen molar-refractivity contribution in [3.63, 3.8) is 0 Å². The van der Waals surface area contributed by atoms with Gasteiger partial charge in [0, 0.05) is 25.1 Å². The number of oxazole rings is 1. The van der Waals surface area contributed by atoms with Crippen molar-refractivity contribution < 1.29 is 9.52 Å². The predicted molar refractivity (Wildman–Crippen MR) is 75.7 cm³/mol. The molecule has 6 heteroatoms. The number of anilines is 2. The second kappa shape index (κ2) is 4.02. The van der Waals surface area contributed by atoms with Gasteiger partial charge in [0.2, 0.25) is 0 Å². The Morgan fingerprint density at radius 3 is 3.00 bits per heavy atom. The molecule has 3 atom stereocenters. The van der Waals surface area contributed by atoms with Gasteiger partial charge in [-0.2, -0.15) is 0 Å². The molecular weight excluding hydrogens is 258 g/mol. The number of aromatic nitrogens is 1. The van der Waals surface area contributed by atoms with Crippen LogP contribution in [-0.4, -0.2) is 29.3 Å². The Bertz CT molecular complexity index is 720. The molecule has 2 aliphatic rings. The second-order valence-corrected chi connectivity index (χ2v) is 5.90. The van der Waals surface area contributed by atoms with E-state index in [0.717, 1.165) is 31.6 Å². The van der Waals surface area contributed by atoms with Crippen LogP contribution in [0.25, 0.3) is 11.1 Å². The van der Waals surface area contributed by atoms with Crippen LogP contribution in [0.5, 0.6) is 0 Å². The van der Waals surface area contributed by atoms with E-state index in [1.54, 1.807) is 6.07 Å². The van der Waals surface area contributed by atoms with Crippen molar-refractivity contribution >= 4 is 22.5 Å². The standard InChI is InChI=1S/C14H17N3O3/c15-9-3-13-10(16-14(19)20-13)4-11(9)17-5-7-1-2-12(18)8(7)6-17/h3-4,7-8,12,18H,1-2,5-6,15H2,(H,16,19). The number of aliphatic hydroxyl groups excluding tert-OH is 1. The van der Waals surface area contributed by atoms with Gasteiger partial charge in [-0.15, -0.1) is 0 Å². The Kier molecular flexibility index (Phi) is 2.38. The summed E-state index contributed by atoms with van der Waals surface area (Å²) in [5, 5.41) is 9.99. The van der Waals surface area contributed by atoms with Gasteiger partial charge in [-0.25, -0.2) is 4.79 Å². The van der Waals surface area contributed by atoms with Gasteiger partial charge >= 0.3 is 5.76 Å². The van der Waals surface area contributed by atoms with E-state index in [4.69, 9.17) is 10.2 Å². The number of hydrogen-bond donors (Lipinski definition) is 3. The number of nitrogens with two attached hydrogens (primary N) is 1. The fourth-order valence-corrected chi connectivity index (χ4v) is 3.71. The lowest BCUT2D eigenvalue weighted by atomic mass is 10.00. The smallest absolute Gasteiger partial charge is 0.408 e. The van der Waals surface area contributed by atoms with Gasteiger partial charge in [0.25, 0.3) is 0 Å². The van der Waals surface area contributed by atoms with Crippen LogP contribution in [0.15, 0.2) is 21.3 Å². The molecule has 20 heavy (non-hydrogen) atoms. The number of nitrogen functional groups attached to an aromatic ring is 1. The molecule has 1 aromatic heterocycles. The molecule has 0 amide bonds. The summed E-state index contributed by atoms with van der Waals surface area (Å²) in [5.74, 6) is 0.419. The Morgan fingerprint density at radius 1 is 1.35 bits per heavy atom. The van der Waals surface area contributed by atoms with Crippen LogP contribution in [-0.2, 0) is 0 Å². The molecular formula is C14H17N3O3. The highest BCUT2D eigenvalue weighted by Crippen LogP contribution is 2.41. The summed E-state index contributed by atoms with van der Waals surface area (Å²) < 4.78 is 5.01. The first kappa shape index (κ1) is 11.8. The first-order chi connectivity index (χ1) is 9.61.